The Morgan fingerprint density at radius 1 is 1.31 bits per heavy atom. The average Bonchev–Trinajstić information content (AvgIpc) is 2.61. The summed E-state index contributed by atoms with van der Waals surface area (Å²) in [6, 6.07) is 8.64. The number of ether oxygens (including phenoxy) is 1. The van der Waals surface area contributed by atoms with Gasteiger partial charge in [-0.1, -0.05) is 17.7 Å². The van der Waals surface area contributed by atoms with Gasteiger partial charge in [-0.2, -0.15) is 4.72 Å². The van der Waals surface area contributed by atoms with E-state index in [1.807, 2.05) is 0 Å². The molecule has 0 aliphatic carbocycles. The summed E-state index contributed by atoms with van der Waals surface area (Å²) in [6.45, 7) is 3.69. The van der Waals surface area contributed by atoms with Crippen molar-refractivity contribution in [2.45, 2.75) is 31.3 Å². The molecule has 1 unspecified atom stereocenters. The van der Waals surface area contributed by atoms with Crippen LogP contribution in [-0.4, -0.2) is 32.0 Å². The molecule has 1 aromatic heterocycles. The number of pyridine rings is 1. The molecule has 7 nitrogen and oxygen atoms in total. The first-order valence-corrected chi connectivity index (χ1v) is 9.82. The number of sulfonamides is 1. The SMILES string of the molecule is CCOc1ccc(Cl)cc1S(=O)(=O)NC(C)C(=O)NCc1ccccn1. The zero-order chi connectivity index (χ0) is 19.2. The van der Waals surface area contributed by atoms with E-state index in [-0.39, 0.29) is 22.2 Å². The lowest BCUT2D eigenvalue weighted by Crippen LogP contribution is -2.44. The molecule has 0 spiro atoms. The second kappa shape index (κ2) is 8.98. The van der Waals surface area contributed by atoms with Crippen molar-refractivity contribution >= 4 is 27.5 Å². The Hall–Kier alpha value is -2.16. The molecule has 0 saturated carbocycles. The van der Waals surface area contributed by atoms with Crippen LogP contribution in [0.2, 0.25) is 5.02 Å². The Bertz CT molecular complexity index is 860. The molecule has 0 bridgehead atoms. The third kappa shape index (κ3) is 5.42. The number of hydrogen-bond donors (Lipinski definition) is 2. The van der Waals surface area contributed by atoms with Crippen LogP contribution in [0.1, 0.15) is 19.5 Å². The lowest BCUT2D eigenvalue weighted by Gasteiger charge is -2.16. The molecule has 140 valence electrons. The molecule has 1 atom stereocenters. The van der Waals surface area contributed by atoms with Crippen molar-refractivity contribution in [3.63, 3.8) is 0 Å². The first kappa shape index (κ1) is 20.2. The van der Waals surface area contributed by atoms with Crippen LogP contribution in [0, 0.1) is 0 Å². The van der Waals surface area contributed by atoms with Crippen molar-refractivity contribution in [1.29, 1.82) is 0 Å². The molecular formula is C17H20ClN3O4S. The van der Waals surface area contributed by atoms with Crippen LogP contribution < -0.4 is 14.8 Å². The Morgan fingerprint density at radius 2 is 2.08 bits per heavy atom. The van der Waals surface area contributed by atoms with Crippen LogP contribution in [0.3, 0.4) is 0 Å². The van der Waals surface area contributed by atoms with Crippen LogP contribution in [0.15, 0.2) is 47.5 Å². The number of hydrogen-bond acceptors (Lipinski definition) is 5. The van der Waals surface area contributed by atoms with E-state index in [0.717, 1.165) is 0 Å². The number of nitrogens with zero attached hydrogens (tertiary/aromatic N) is 1. The number of nitrogens with one attached hydrogen (secondary N) is 2. The van der Waals surface area contributed by atoms with Gasteiger partial charge in [0.2, 0.25) is 15.9 Å². The van der Waals surface area contributed by atoms with Gasteiger partial charge in [0.05, 0.1) is 24.9 Å². The summed E-state index contributed by atoms with van der Waals surface area (Å²) in [5.41, 5.74) is 0.671. The van der Waals surface area contributed by atoms with Gasteiger partial charge in [-0.3, -0.25) is 9.78 Å². The van der Waals surface area contributed by atoms with Gasteiger partial charge >= 0.3 is 0 Å². The monoisotopic (exact) mass is 397 g/mol. The highest BCUT2D eigenvalue weighted by Crippen LogP contribution is 2.27. The van der Waals surface area contributed by atoms with Crippen molar-refractivity contribution in [2.75, 3.05) is 6.61 Å². The standard InChI is InChI=1S/C17H20ClN3O4S/c1-3-25-15-8-7-13(18)10-16(15)26(23,24)21-12(2)17(22)20-11-14-6-4-5-9-19-14/h4-10,12,21H,3,11H2,1-2H3,(H,20,22). The minimum absolute atomic E-state index is 0.115. The fourth-order valence-corrected chi connectivity index (χ4v) is 3.76. The Morgan fingerprint density at radius 3 is 2.73 bits per heavy atom. The van der Waals surface area contributed by atoms with E-state index < -0.39 is 22.0 Å². The van der Waals surface area contributed by atoms with Crippen molar-refractivity contribution < 1.29 is 17.9 Å². The minimum atomic E-state index is -4.00. The largest absolute Gasteiger partial charge is 0.492 e. The van der Waals surface area contributed by atoms with E-state index in [1.54, 1.807) is 31.3 Å². The average molecular weight is 398 g/mol. The maximum Gasteiger partial charge on any atom is 0.245 e. The number of aromatic nitrogens is 1. The summed E-state index contributed by atoms with van der Waals surface area (Å²) in [6.07, 6.45) is 1.61. The van der Waals surface area contributed by atoms with E-state index in [4.69, 9.17) is 16.3 Å². The molecule has 2 aromatic rings. The normalized spacial score (nSPS) is 12.4. The zero-order valence-electron chi connectivity index (χ0n) is 14.4. The molecule has 2 rings (SSSR count). The summed E-state index contributed by atoms with van der Waals surface area (Å²) in [5.74, 6) is -0.301. The van der Waals surface area contributed by atoms with E-state index in [0.29, 0.717) is 12.3 Å². The van der Waals surface area contributed by atoms with Crippen molar-refractivity contribution in [2.24, 2.45) is 0 Å². The lowest BCUT2D eigenvalue weighted by atomic mass is 10.3. The number of carbonyl (C=O) groups excluding carboxylic acids is 1. The van der Waals surface area contributed by atoms with E-state index in [9.17, 15) is 13.2 Å². The molecule has 0 saturated heterocycles. The Balaban J connectivity index is 2.08. The molecule has 26 heavy (non-hydrogen) atoms. The van der Waals surface area contributed by atoms with Gasteiger partial charge in [0.1, 0.15) is 10.6 Å². The molecule has 9 heteroatoms. The molecule has 0 aliphatic heterocycles. The lowest BCUT2D eigenvalue weighted by molar-refractivity contribution is -0.122. The maximum atomic E-state index is 12.6. The minimum Gasteiger partial charge on any atom is -0.492 e. The summed E-state index contributed by atoms with van der Waals surface area (Å²) >= 11 is 5.91. The van der Waals surface area contributed by atoms with Crippen LogP contribution >= 0.6 is 11.6 Å². The number of benzene rings is 1. The van der Waals surface area contributed by atoms with Crippen LogP contribution in [-0.2, 0) is 21.4 Å². The molecule has 0 aliphatic rings. The van der Waals surface area contributed by atoms with Gasteiger partial charge in [-0.25, -0.2) is 8.42 Å². The number of amides is 1. The number of carbonyl (C=O) groups is 1. The molecule has 1 aromatic carbocycles. The fraction of sp³-hybridized carbons (Fsp3) is 0.294. The number of rotatable bonds is 8. The quantitative estimate of drug-likeness (QED) is 0.711. The smallest absolute Gasteiger partial charge is 0.245 e. The fourth-order valence-electron chi connectivity index (χ4n) is 2.15. The summed E-state index contributed by atoms with van der Waals surface area (Å²) in [4.78, 5) is 16.2. The van der Waals surface area contributed by atoms with Gasteiger partial charge < -0.3 is 10.1 Å². The Kier molecular flexibility index (Phi) is 6.96. The molecule has 0 radical (unpaired) electrons. The molecule has 2 N–H and O–H groups in total. The van der Waals surface area contributed by atoms with Crippen LogP contribution in [0.25, 0.3) is 0 Å². The van der Waals surface area contributed by atoms with Crippen LogP contribution in [0.4, 0.5) is 0 Å². The van der Waals surface area contributed by atoms with Crippen molar-refractivity contribution in [1.82, 2.24) is 15.0 Å². The summed E-state index contributed by atoms with van der Waals surface area (Å²) < 4.78 is 32.9. The Labute approximate surface area is 157 Å². The molecule has 1 amide bonds. The molecular weight excluding hydrogens is 378 g/mol. The number of halogens is 1. The first-order valence-electron chi connectivity index (χ1n) is 7.95. The molecule has 1 heterocycles. The second-order valence-electron chi connectivity index (χ2n) is 5.41. The van der Waals surface area contributed by atoms with E-state index in [1.165, 1.54) is 25.1 Å². The van der Waals surface area contributed by atoms with Gasteiger partial charge in [0.15, 0.2) is 0 Å². The van der Waals surface area contributed by atoms with Crippen molar-refractivity contribution in [3.05, 3.63) is 53.3 Å². The predicted octanol–water partition coefficient (Wildman–Crippen LogP) is 2.12. The van der Waals surface area contributed by atoms with Crippen LogP contribution in [0.5, 0.6) is 5.75 Å². The van der Waals surface area contributed by atoms with Crippen molar-refractivity contribution in [3.8, 4) is 5.75 Å². The third-order valence-corrected chi connectivity index (χ3v) is 5.19. The highest BCUT2D eigenvalue weighted by Gasteiger charge is 2.25. The highest BCUT2D eigenvalue weighted by molar-refractivity contribution is 7.89. The van der Waals surface area contributed by atoms with Gasteiger partial charge in [0, 0.05) is 11.2 Å². The van der Waals surface area contributed by atoms with Gasteiger partial charge in [-0.05, 0) is 44.2 Å². The molecule has 0 fully saturated rings. The summed E-state index contributed by atoms with van der Waals surface area (Å²) in [5, 5.41) is 2.89. The first-order chi connectivity index (χ1) is 12.3. The van der Waals surface area contributed by atoms with E-state index in [2.05, 4.69) is 15.0 Å². The topological polar surface area (TPSA) is 97.4 Å². The summed E-state index contributed by atoms with van der Waals surface area (Å²) in [7, 11) is -4.00. The zero-order valence-corrected chi connectivity index (χ0v) is 16.0. The second-order valence-corrected chi connectivity index (χ2v) is 7.52. The third-order valence-electron chi connectivity index (χ3n) is 3.39. The van der Waals surface area contributed by atoms with E-state index >= 15 is 0 Å². The van der Waals surface area contributed by atoms with Gasteiger partial charge in [-0.15, -0.1) is 0 Å². The maximum absolute atomic E-state index is 12.6. The highest BCUT2D eigenvalue weighted by atomic mass is 35.5. The van der Waals surface area contributed by atoms with Gasteiger partial charge in [0.25, 0.3) is 0 Å². The predicted molar refractivity (Wildman–Crippen MR) is 98.5 cm³/mol.